The van der Waals surface area contributed by atoms with Crippen molar-refractivity contribution < 1.29 is 13.9 Å². The van der Waals surface area contributed by atoms with Gasteiger partial charge in [0.1, 0.15) is 11.6 Å². The Balaban J connectivity index is 2.04. The van der Waals surface area contributed by atoms with E-state index in [1.165, 1.54) is 12.1 Å². The Bertz CT molecular complexity index is 408. The third-order valence-electron chi connectivity index (χ3n) is 3.90. The zero-order chi connectivity index (χ0) is 13.9. The molecule has 106 valence electrons. The summed E-state index contributed by atoms with van der Waals surface area (Å²) in [5.74, 6) is -1.26. The number of hydrogen-bond acceptors (Lipinski definition) is 2. The van der Waals surface area contributed by atoms with E-state index in [4.69, 9.17) is 0 Å². The van der Waals surface area contributed by atoms with Crippen molar-refractivity contribution in [1.29, 1.82) is 0 Å². The first-order valence-corrected chi connectivity index (χ1v) is 6.96. The molecule has 19 heavy (non-hydrogen) atoms. The van der Waals surface area contributed by atoms with Crippen molar-refractivity contribution in [2.75, 3.05) is 6.54 Å². The van der Waals surface area contributed by atoms with Crippen LogP contribution in [0.5, 0.6) is 0 Å². The van der Waals surface area contributed by atoms with Gasteiger partial charge >= 0.3 is 0 Å². The topological polar surface area (TPSA) is 32.3 Å². The normalized spacial score (nSPS) is 27.5. The van der Waals surface area contributed by atoms with Gasteiger partial charge in [-0.05, 0) is 56.3 Å². The Morgan fingerprint density at radius 2 is 1.79 bits per heavy atom. The molecule has 4 heteroatoms. The monoisotopic (exact) mass is 269 g/mol. The molecular formula is C15H21F2NO. The van der Waals surface area contributed by atoms with Crippen LogP contribution in [0.3, 0.4) is 0 Å². The van der Waals surface area contributed by atoms with Crippen LogP contribution in [-0.2, 0) is 5.60 Å². The molecule has 1 saturated carbocycles. The first kappa shape index (κ1) is 14.4. The zero-order valence-corrected chi connectivity index (χ0v) is 11.3. The maximum absolute atomic E-state index is 13.2. The van der Waals surface area contributed by atoms with Crippen molar-refractivity contribution in [2.45, 2.75) is 50.7 Å². The molecule has 0 aromatic heterocycles. The molecule has 0 spiro atoms. The second kappa shape index (κ2) is 5.97. The molecule has 1 aromatic rings. The van der Waals surface area contributed by atoms with Gasteiger partial charge in [0.25, 0.3) is 0 Å². The minimum Gasteiger partial charge on any atom is -0.385 e. The van der Waals surface area contributed by atoms with E-state index in [0.29, 0.717) is 24.4 Å². The molecule has 1 aliphatic rings. The van der Waals surface area contributed by atoms with E-state index in [9.17, 15) is 13.9 Å². The molecule has 1 fully saturated rings. The van der Waals surface area contributed by atoms with Gasteiger partial charge in [0.2, 0.25) is 0 Å². The predicted octanol–water partition coefficient (Wildman–Crippen LogP) is 3.09. The van der Waals surface area contributed by atoms with Crippen molar-refractivity contribution in [1.82, 2.24) is 5.32 Å². The fourth-order valence-corrected chi connectivity index (χ4v) is 2.76. The Labute approximate surface area is 112 Å². The van der Waals surface area contributed by atoms with E-state index < -0.39 is 17.2 Å². The summed E-state index contributed by atoms with van der Waals surface area (Å²) in [7, 11) is 0. The highest BCUT2D eigenvalue weighted by Crippen LogP contribution is 2.37. The fraction of sp³-hybridized carbons (Fsp3) is 0.600. The van der Waals surface area contributed by atoms with Gasteiger partial charge < -0.3 is 10.4 Å². The van der Waals surface area contributed by atoms with Crippen LogP contribution < -0.4 is 5.32 Å². The quantitative estimate of drug-likeness (QED) is 0.880. The Morgan fingerprint density at radius 3 is 2.32 bits per heavy atom. The van der Waals surface area contributed by atoms with Gasteiger partial charge in [-0.15, -0.1) is 0 Å². The smallest absolute Gasteiger partial charge is 0.126 e. The summed E-state index contributed by atoms with van der Waals surface area (Å²) in [5, 5.41) is 14.0. The molecular weight excluding hydrogens is 248 g/mol. The average Bonchev–Trinajstić information content (AvgIpc) is 2.37. The average molecular weight is 269 g/mol. The van der Waals surface area contributed by atoms with E-state index in [1.807, 2.05) is 0 Å². The lowest BCUT2D eigenvalue weighted by molar-refractivity contribution is -0.00876. The largest absolute Gasteiger partial charge is 0.385 e. The zero-order valence-electron chi connectivity index (χ0n) is 11.3. The van der Waals surface area contributed by atoms with Crippen LogP contribution in [0, 0.1) is 11.6 Å². The second-order valence-electron chi connectivity index (χ2n) is 5.42. The minimum atomic E-state index is -1.09. The second-order valence-corrected chi connectivity index (χ2v) is 5.42. The van der Waals surface area contributed by atoms with Crippen LogP contribution in [0.2, 0.25) is 0 Å². The SMILES string of the molecule is CCCNC1CCC(O)(c2cc(F)cc(F)c2)CC1. The summed E-state index contributed by atoms with van der Waals surface area (Å²) in [6.45, 7) is 3.08. The van der Waals surface area contributed by atoms with Gasteiger partial charge in [0.05, 0.1) is 5.60 Å². The van der Waals surface area contributed by atoms with E-state index in [2.05, 4.69) is 12.2 Å². The van der Waals surface area contributed by atoms with Crippen molar-refractivity contribution in [3.63, 3.8) is 0 Å². The van der Waals surface area contributed by atoms with Gasteiger partial charge in [0, 0.05) is 12.1 Å². The van der Waals surface area contributed by atoms with Crippen LogP contribution in [-0.4, -0.2) is 17.7 Å². The third kappa shape index (κ3) is 3.51. The fourth-order valence-electron chi connectivity index (χ4n) is 2.76. The third-order valence-corrected chi connectivity index (χ3v) is 3.90. The van der Waals surface area contributed by atoms with Crippen molar-refractivity contribution >= 4 is 0 Å². The number of benzene rings is 1. The molecule has 0 unspecified atom stereocenters. The number of hydrogen-bond donors (Lipinski definition) is 2. The summed E-state index contributed by atoms with van der Waals surface area (Å²) >= 11 is 0. The number of halogens is 2. The van der Waals surface area contributed by atoms with Crippen LogP contribution in [0.15, 0.2) is 18.2 Å². The summed E-state index contributed by atoms with van der Waals surface area (Å²) in [6.07, 6.45) is 3.81. The van der Waals surface area contributed by atoms with Crippen LogP contribution in [0.4, 0.5) is 8.78 Å². The van der Waals surface area contributed by atoms with Crippen LogP contribution in [0.1, 0.15) is 44.6 Å². The van der Waals surface area contributed by atoms with Gasteiger partial charge in [0.15, 0.2) is 0 Å². The standard InChI is InChI=1S/C15H21F2NO/c1-2-7-18-14-3-5-15(19,6-4-14)11-8-12(16)10-13(17)9-11/h8-10,14,18-19H,2-7H2,1H3. The molecule has 0 heterocycles. The number of rotatable bonds is 4. The molecule has 0 amide bonds. The van der Waals surface area contributed by atoms with Crippen LogP contribution >= 0.6 is 0 Å². The summed E-state index contributed by atoms with van der Waals surface area (Å²) in [4.78, 5) is 0. The summed E-state index contributed by atoms with van der Waals surface area (Å²) in [6, 6.07) is 3.71. The molecule has 0 aliphatic heterocycles. The molecule has 0 bridgehead atoms. The van der Waals surface area contributed by atoms with E-state index in [1.54, 1.807) is 0 Å². The highest BCUT2D eigenvalue weighted by molar-refractivity contribution is 5.25. The summed E-state index contributed by atoms with van der Waals surface area (Å²) < 4.78 is 26.5. The molecule has 1 aliphatic carbocycles. The lowest BCUT2D eigenvalue weighted by atomic mass is 9.77. The minimum absolute atomic E-state index is 0.360. The van der Waals surface area contributed by atoms with Gasteiger partial charge in [-0.3, -0.25) is 0 Å². The molecule has 1 aromatic carbocycles. The highest BCUT2D eigenvalue weighted by Gasteiger charge is 2.35. The Morgan fingerprint density at radius 1 is 1.21 bits per heavy atom. The highest BCUT2D eigenvalue weighted by atomic mass is 19.1. The van der Waals surface area contributed by atoms with Gasteiger partial charge in [-0.1, -0.05) is 6.92 Å². The first-order chi connectivity index (χ1) is 9.03. The predicted molar refractivity (Wildman–Crippen MR) is 70.8 cm³/mol. The van der Waals surface area contributed by atoms with Gasteiger partial charge in [-0.2, -0.15) is 0 Å². The van der Waals surface area contributed by atoms with Crippen molar-refractivity contribution in [2.24, 2.45) is 0 Å². The molecule has 2 nitrogen and oxygen atoms in total. The Kier molecular flexibility index (Phi) is 4.53. The molecule has 0 atom stereocenters. The lowest BCUT2D eigenvalue weighted by Crippen LogP contribution is -2.40. The van der Waals surface area contributed by atoms with E-state index >= 15 is 0 Å². The maximum atomic E-state index is 13.2. The molecule has 2 N–H and O–H groups in total. The van der Waals surface area contributed by atoms with E-state index in [0.717, 1.165) is 31.9 Å². The maximum Gasteiger partial charge on any atom is 0.126 e. The van der Waals surface area contributed by atoms with Crippen molar-refractivity contribution in [3.8, 4) is 0 Å². The molecule has 0 saturated heterocycles. The first-order valence-electron chi connectivity index (χ1n) is 6.96. The van der Waals surface area contributed by atoms with Crippen molar-refractivity contribution in [3.05, 3.63) is 35.4 Å². The number of nitrogens with one attached hydrogen (secondary N) is 1. The molecule has 0 radical (unpaired) electrons. The lowest BCUT2D eigenvalue weighted by Gasteiger charge is -2.36. The Hall–Kier alpha value is -1.00. The number of aliphatic hydroxyl groups is 1. The molecule has 2 rings (SSSR count). The summed E-state index contributed by atoms with van der Waals surface area (Å²) in [5.41, 5.74) is -0.730. The van der Waals surface area contributed by atoms with Crippen LogP contribution in [0.25, 0.3) is 0 Å². The van der Waals surface area contributed by atoms with E-state index in [-0.39, 0.29) is 0 Å². The van der Waals surface area contributed by atoms with Gasteiger partial charge in [-0.25, -0.2) is 8.78 Å².